The Hall–Kier alpha value is -2.62. The Labute approximate surface area is 157 Å². The third-order valence-electron chi connectivity index (χ3n) is 3.42. The van der Waals surface area contributed by atoms with Crippen molar-refractivity contribution in [2.75, 3.05) is 0 Å². The van der Waals surface area contributed by atoms with E-state index in [0.717, 1.165) is 19.8 Å². The molecule has 1 amide bonds. The maximum Gasteiger partial charge on any atom is 0.262 e. The number of nitrogens with one attached hydrogen (secondary N) is 1. The van der Waals surface area contributed by atoms with E-state index in [1.54, 1.807) is 18.2 Å². The largest absolute Gasteiger partial charge is 0.467 e. The van der Waals surface area contributed by atoms with Gasteiger partial charge in [0.25, 0.3) is 5.91 Å². The SMILES string of the molecule is N#C/C(=C\c1ccc(-c2ccccc2Br)s1)C(=O)NCc1ccco1. The fraction of sp³-hybridized carbons (Fsp3) is 0.0526. The Morgan fingerprint density at radius 2 is 2.08 bits per heavy atom. The molecule has 0 aliphatic carbocycles. The number of amides is 1. The van der Waals surface area contributed by atoms with E-state index >= 15 is 0 Å². The predicted octanol–water partition coefficient (Wildman–Crippen LogP) is 4.99. The molecule has 6 heteroatoms. The first-order valence-corrected chi connectivity index (χ1v) is 9.05. The van der Waals surface area contributed by atoms with Gasteiger partial charge in [0.1, 0.15) is 17.4 Å². The highest BCUT2D eigenvalue weighted by molar-refractivity contribution is 9.10. The lowest BCUT2D eigenvalue weighted by atomic mass is 10.2. The van der Waals surface area contributed by atoms with Crippen molar-refractivity contribution >= 4 is 39.2 Å². The molecule has 1 N–H and O–H groups in total. The van der Waals surface area contributed by atoms with Gasteiger partial charge in [-0.25, -0.2) is 0 Å². The molecule has 3 rings (SSSR count). The molecular weight excluding hydrogens is 400 g/mol. The first-order chi connectivity index (χ1) is 12.2. The van der Waals surface area contributed by atoms with Gasteiger partial charge in [0.05, 0.1) is 12.8 Å². The Balaban J connectivity index is 1.75. The molecule has 124 valence electrons. The summed E-state index contributed by atoms with van der Waals surface area (Å²) < 4.78 is 6.16. The molecule has 1 aromatic carbocycles. The molecule has 0 saturated carbocycles. The zero-order valence-electron chi connectivity index (χ0n) is 13.0. The molecule has 4 nitrogen and oxygen atoms in total. The fourth-order valence-corrected chi connectivity index (χ4v) is 3.82. The number of carbonyl (C=O) groups excluding carboxylic acids is 1. The number of furan rings is 1. The van der Waals surface area contributed by atoms with Crippen LogP contribution in [-0.2, 0) is 11.3 Å². The van der Waals surface area contributed by atoms with Crippen LogP contribution in [0.25, 0.3) is 16.5 Å². The monoisotopic (exact) mass is 412 g/mol. The number of benzene rings is 1. The quantitative estimate of drug-likeness (QED) is 0.473. The number of carbonyl (C=O) groups is 1. The number of nitriles is 1. The Kier molecular flexibility index (Phi) is 5.49. The van der Waals surface area contributed by atoms with E-state index in [1.807, 2.05) is 42.5 Å². The molecule has 0 unspecified atom stereocenters. The molecular formula is C19H13BrN2O2S. The second-order valence-electron chi connectivity index (χ2n) is 5.11. The normalized spacial score (nSPS) is 11.1. The van der Waals surface area contributed by atoms with Gasteiger partial charge in [0.2, 0.25) is 0 Å². The molecule has 2 heterocycles. The topological polar surface area (TPSA) is 66.0 Å². The van der Waals surface area contributed by atoms with Crippen LogP contribution in [-0.4, -0.2) is 5.91 Å². The lowest BCUT2D eigenvalue weighted by molar-refractivity contribution is -0.117. The van der Waals surface area contributed by atoms with Crippen LogP contribution in [0, 0.1) is 11.3 Å². The van der Waals surface area contributed by atoms with E-state index in [0.29, 0.717) is 5.76 Å². The maximum atomic E-state index is 12.2. The molecule has 0 bridgehead atoms. The number of halogens is 1. The third kappa shape index (κ3) is 4.27. The molecule has 2 aromatic heterocycles. The van der Waals surface area contributed by atoms with Gasteiger partial charge < -0.3 is 9.73 Å². The van der Waals surface area contributed by atoms with Crippen LogP contribution in [0.2, 0.25) is 0 Å². The highest BCUT2D eigenvalue weighted by atomic mass is 79.9. The van der Waals surface area contributed by atoms with E-state index in [-0.39, 0.29) is 12.1 Å². The number of nitrogens with zero attached hydrogens (tertiary/aromatic N) is 1. The highest BCUT2D eigenvalue weighted by Gasteiger charge is 2.11. The molecule has 0 radical (unpaired) electrons. The average molecular weight is 413 g/mol. The second kappa shape index (κ2) is 7.97. The molecule has 0 aliphatic heterocycles. The van der Waals surface area contributed by atoms with Crippen molar-refractivity contribution in [1.82, 2.24) is 5.32 Å². The van der Waals surface area contributed by atoms with Crippen LogP contribution in [0.5, 0.6) is 0 Å². The standard InChI is InChI=1S/C19H13BrN2O2S/c20-17-6-2-1-5-16(17)18-8-7-15(25-18)10-13(11-21)19(23)22-12-14-4-3-9-24-14/h1-10H,12H2,(H,22,23)/b13-10+. The summed E-state index contributed by atoms with van der Waals surface area (Å²) in [4.78, 5) is 14.1. The van der Waals surface area contributed by atoms with Gasteiger partial charge in [-0.05, 0) is 36.4 Å². The molecule has 0 atom stereocenters. The van der Waals surface area contributed by atoms with Crippen LogP contribution in [0.15, 0.2) is 69.3 Å². The number of hydrogen-bond acceptors (Lipinski definition) is 4. The lowest BCUT2D eigenvalue weighted by Gasteiger charge is -2.01. The number of rotatable bonds is 5. The van der Waals surface area contributed by atoms with Crippen molar-refractivity contribution in [1.29, 1.82) is 5.26 Å². The smallest absolute Gasteiger partial charge is 0.262 e. The predicted molar refractivity (Wildman–Crippen MR) is 102 cm³/mol. The molecule has 0 aliphatic rings. The highest BCUT2D eigenvalue weighted by Crippen LogP contribution is 2.34. The maximum absolute atomic E-state index is 12.2. The third-order valence-corrected chi connectivity index (χ3v) is 5.18. The molecule has 0 fully saturated rings. The van der Waals surface area contributed by atoms with Crippen LogP contribution < -0.4 is 5.32 Å². The minimum Gasteiger partial charge on any atom is -0.467 e. The first kappa shape index (κ1) is 17.2. The van der Waals surface area contributed by atoms with Crippen molar-refractivity contribution in [3.63, 3.8) is 0 Å². The van der Waals surface area contributed by atoms with E-state index in [2.05, 4.69) is 21.2 Å². The van der Waals surface area contributed by atoms with Crippen LogP contribution in [0.3, 0.4) is 0 Å². The fourth-order valence-electron chi connectivity index (χ4n) is 2.20. The molecule has 0 spiro atoms. The van der Waals surface area contributed by atoms with Gasteiger partial charge in [0, 0.05) is 19.8 Å². The second-order valence-corrected chi connectivity index (χ2v) is 7.08. The minimum atomic E-state index is -0.422. The van der Waals surface area contributed by atoms with Gasteiger partial charge in [-0.3, -0.25) is 4.79 Å². The first-order valence-electron chi connectivity index (χ1n) is 7.44. The number of thiophene rings is 1. The van der Waals surface area contributed by atoms with E-state index in [1.165, 1.54) is 17.6 Å². The van der Waals surface area contributed by atoms with Crippen LogP contribution in [0.4, 0.5) is 0 Å². The van der Waals surface area contributed by atoms with Gasteiger partial charge >= 0.3 is 0 Å². The Morgan fingerprint density at radius 1 is 1.24 bits per heavy atom. The Morgan fingerprint density at radius 3 is 2.80 bits per heavy atom. The van der Waals surface area contributed by atoms with Gasteiger partial charge in [-0.15, -0.1) is 11.3 Å². The van der Waals surface area contributed by atoms with Crippen LogP contribution >= 0.6 is 27.3 Å². The zero-order valence-corrected chi connectivity index (χ0v) is 15.4. The zero-order chi connectivity index (χ0) is 17.6. The number of hydrogen-bond donors (Lipinski definition) is 1. The molecule has 3 aromatic rings. The summed E-state index contributed by atoms with van der Waals surface area (Å²) in [7, 11) is 0. The van der Waals surface area contributed by atoms with Crippen molar-refractivity contribution in [2.24, 2.45) is 0 Å². The minimum absolute atomic E-state index is 0.0621. The van der Waals surface area contributed by atoms with Gasteiger partial charge in [-0.2, -0.15) is 5.26 Å². The molecule has 0 saturated heterocycles. The summed E-state index contributed by atoms with van der Waals surface area (Å²) in [6.07, 6.45) is 3.14. The summed E-state index contributed by atoms with van der Waals surface area (Å²) in [6.45, 7) is 0.248. The van der Waals surface area contributed by atoms with Crippen molar-refractivity contribution in [3.05, 3.63) is 75.5 Å². The summed E-state index contributed by atoms with van der Waals surface area (Å²) >= 11 is 5.06. The van der Waals surface area contributed by atoms with Crippen LogP contribution in [0.1, 0.15) is 10.6 Å². The van der Waals surface area contributed by atoms with Gasteiger partial charge in [-0.1, -0.05) is 34.1 Å². The summed E-state index contributed by atoms with van der Waals surface area (Å²) in [6, 6.07) is 17.3. The lowest BCUT2D eigenvalue weighted by Crippen LogP contribution is -2.23. The van der Waals surface area contributed by atoms with E-state index < -0.39 is 5.91 Å². The van der Waals surface area contributed by atoms with E-state index in [9.17, 15) is 10.1 Å². The van der Waals surface area contributed by atoms with Crippen molar-refractivity contribution < 1.29 is 9.21 Å². The molecule has 25 heavy (non-hydrogen) atoms. The summed E-state index contributed by atoms with van der Waals surface area (Å²) in [5, 5.41) is 12.0. The van der Waals surface area contributed by atoms with Gasteiger partial charge in [0.15, 0.2) is 0 Å². The summed E-state index contributed by atoms with van der Waals surface area (Å²) in [5.74, 6) is 0.215. The van der Waals surface area contributed by atoms with E-state index in [4.69, 9.17) is 4.42 Å². The average Bonchev–Trinajstić information content (AvgIpc) is 3.30. The van der Waals surface area contributed by atoms with Crippen molar-refractivity contribution in [2.45, 2.75) is 6.54 Å². The summed E-state index contributed by atoms with van der Waals surface area (Å²) in [5.41, 5.74) is 1.14. The van der Waals surface area contributed by atoms with Crippen molar-refractivity contribution in [3.8, 4) is 16.5 Å². The Bertz CT molecular complexity index is 952.